The summed E-state index contributed by atoms with van der Waals surface area (Å²) in [5.74, 6) is -1.61. The SMILES string of the molecule is C=CCN(CCC)C(=O)[C@H]1[C@@H]2SC3(CC2Br)C(C(=O)N(CC=C)c2cc(C)ccc2C)N([C@@H](CC)CO)C(=O)[C@H]13. The molecule has 0 aliphatic carbocycles. The Balaban J connectivity index is 1.86. The maximum absolute atomic E-state index is 14.8. The average Bonchev–Trinajstić information content (AvgIpc) is 3.52. The minimum absolute atomic E-state index is 0.0132. The van der Waals surface area contributed by atoms with E-state index in [4.69, 9.17) is 0 Å². The summed E-state index contributed by atoms with van der Waals surface area (Å²) in [6.45, 7) is 16.7. The predicted octanol–water partition coefficient (Wildman–Crippen LogP) is 4.48. The molecular weight excluding hydrogens is 590 g/mol. The molecule has 3 amide bonds. The van der Waals surface area contributed by atoms with Gasteiger partial charge in [0.25, 0.3) is 5.91 Å². The topological polar surface area (TPSA) is 81.2 Å². The molecule has 218 valence electrons. The number of benzene rings is 1. The predicted molar refractivity (Wildman–Crippen MR) is 166 cm³/mol. The van der Waals surface area contributed by atoms with Crippen molar-refractivity contribution in [2.45, 2.75) is 73.9 Å². The molecule has 3 unspecified atom stereocenters. The van der Waals surface area contributed by atoms with Crippen LogP contribution < -0.4 is 4.90 Å². The summed E-state index contributed by atoms with van der Waals surface area (Å²) in [5, 5.41) is 10.3. The molecular formula is C31H42BrN3O4S. The van der Waals surface area contributed by atoms with E-state index >= 15 is 0 Å². The Labute approximate surface area is 251 Å². The summed E-state index contributed by atoms with van der Waals surface area (Å²) in [6.07, 6.45) is 5.33. The maximum atomic E-state index is 14.8. The molecule has 0 aromatic heterocycles. The first kappa shape index (κ1) is 30.8. The third kappa shape index (κ3) is 4.96. The Morgan fingerprint density at radius 3 is 2.52 bits per heavy atom. The summed E-state index contributed by atoms with van der Waals surface area (Å²) >= 11 is 5.48. The molecule has 0 radical (unpaired) electrons. The quantitative estimate of drug-likeness (QED) is 0.272. The molecule has 2 bridgehead atoms. The van der Waals surface area contributed by atoms with Gasteiger partial charge in [-0.3, -0.25) is 14.4 Å². The number of aliphatic hydroxyl groups is 1. The van der Waals surface area contributed by atoms with Gasteiger partial charge in [0.2, 0.25) is 11.8 Å². The number of alkyl halides is 1. The van der Waals surface area contributed by atoms with E-state index in [0.29, 0.717) is 25.9 Å². The Hall–Kier alpha value is -2.10. The monoisotopic (exact) mass is 631 g/mol. The Kier molecular flexibility index (Phi) is 9.57. The molecule has 0 saturated carbocycles. The number of hydrogen-bond donors (Lipinski definition) is 1. The standard InChI is InChI=1S/C31H42BrN3O4S/c1-7-13-33(14-8-2)28(37)24-25-29(38)35(21(10-4)18-36)27(31(25)17-22(32)26(24)40-31)30(39)34(15-9-3)23-16-19(5)11-12-20(23)6/h7,9,11-12,16,21-22,24-27,36H,1,3,8,10,13-15,17-18H2,2,4-6H3/t21-,22?,24+,25-,26+,27?,31?/m0/s1. The van der Waals surface area contributed by atoms with Gasteiger partial charge in [0.1, 0.15) is 6.04 Å². The number of anilines is 1. The van der Waals surface area contributed by atoms with E-state index < -0.39 is 28.7 Å². The number of aliphatic hydroxyl groups excluding tert-OH is 1. The lowest BCUT2D eigenvalue weighted by Gasteiger charge is -2.40. The van der Waals surface area contributed by atoms with Gasteiger partial charge < -0.3 is 19.8 Å². The molecule has 3 aliphatic rings. The van der Waals surface area contributed by atoms with E-state index in [1.165, 1.54) is 0 Å². The second-order valence-corrected chi connectivity index (χ2v) is 14.0. The van der Waals surface area contributed by atoms with Crippen LogP contribution in [0, 0.1) is 25.7 Å². The molecule has 3 saturated heterocycles. The lowest BCUT2D eigenvalue weighted by Crippen LogP contribution is -2.58. The van der Waals surface area contributed by atoms with Crippen molar-refractivity contribution < 1.29 is 19.5 Å². The molecule has 3 heterocycles. The normalized spacial score (nSPS) is 29.3. The van der Waals surface area contributed by atoms with Crippen molar-refractivity contribution in [1.82, 2.24) is 9.80 Å². The number of rotatable bonds is 12. The second kappa shape index (κ2) is 12.4. The third-order valence-electron chi connectivity index (χ3n) is 8.71. The van der Waals surface area contributed by atoms with Crippen LogP contribution in [0.5, 0.6) is 0 Å². The highest BCUT2D eigenvalue weighted by atomic mass is 79.9. The molecule has 1 spiro atoms. The zero-order valence-corrected chi connectivity index (χ0v) is 26.4. The molecule has 1 aromatic rings. The van der Waals surface area contributed by atoms with Crippen molar-refractivity contribution in [1.29, 1.82) is 0 Å². The number of carbonyl (C=O) groups is 3. The highest BCUT2D eigenvalue weighted by Gasteiger charge is 2.76. The third-order valence-corrected chi connectivity index (χ3v) is 11.9. The first-order valence-electron chi connectivity index (χ1n) is 14.3. The summed E-state index contributed by atoms with van der Waals surface area (Å²) in [5.41, 5.74) is 2.77. The van der Waals surface area contributed by atoms with Crippen LogP contribution in [0.3, 0.4) is 0 Å². The van der Waals surface area contributed by atoms with Crippen molar-refractivity contribution in [3.8, 4) is 0 Å². The largest absolute Gasteiger partial charge is 0.394 e. The van der Waals surface area contributed by atoms with Gasteiger partial charge in [0, 0.05) is 35.4 Å². The number of hydrogen-bond acceptors (Lipinski definition) is 5. The van der Waals surface area contributed by atoms with E-state index in [1.807, 2.05) is 45.9 Å². The van der Waals surface area contributed by atoms with Gasteiger partial charge in [-0.2, -0.15) is 0 Å². The van der Waals surface area contributed by atoms with Crippen LogP contribution in [-0.4, -0.2) is 85.8 Å². The van der Waals surface area contributed by atoms with E-state index in [-0.39, 0.29) is 41.0 Å². The lowest BCUT2D eigenvalue weighted by atomic mass is 9.70. The van der Waals surface area contributed by atoms with Crippen molar-refractivity contribution in [3.63, 3.8) is 0 Å². The first-order chi connectivity index (χ1) is 19.1. The highest BCUT2D eigenvalue weighted by Crippen LogP contribution is 2.68. The average molecular weight is 633 g/mol. The summed E-state index contributed by atoms with van der Waals surface area (Å²) < 4.78 is -0.779. The fourth-order valence-corrected chi connectivity index (χ4v) is 10.5. The van der Waals surface area contributed by atoms with Crippen molar-refractivity contribution in [2.24, 2.45) is 11.8 Å². The van der Waals surface area contributed by atoms with Crippen molar-refractivity contribution in [3.05, 3.63) is 54.6 Å². The molecule has 40 heavy (non-hydrogen) atoms. The van der Waals surface area contributed by atoms with Crippen LogP contribution in [0.15, 0.2) is 43.5 Å². The van der Waals surface area contributed by atoms with Crippen molar-refractivity contribution >= 4 is 51.1 Å². The molecule has 3 aliphatic heterocycles. The molecule has 3 fully saturated rings. The van der Waals surface area contributed by atoms with E-state index in [2.05, 4.69) is 29.1 Å². The van der Waals surface area contributed by atoms with Crippen LogP contribution in [0.2, 0.25) is 0 Å². The van der Waals surface area contributed by atoms with Gasteiger partial charge in [0.15, 0.2) is 0 Å². The van der Waals surface area contributed by atoms with Gasteiger partial charge in [-0.1, -0.05) is 54.1 Å². The summed E-state index contributed by atoms with van der Waals surface area (Å²) in [4.78, 5) is 48.5. The Bertz CT molecular complexity index is 1170. The summed E-state index contributed by atoms with van der Waals surface area (Å²) in [7, 11) is 0. The highest BCUT2D eigenvalue weighted by molar-refractivity contribution is 9.09. The molecule has 7 nitrogen and oxygen atoms in total. The number of nitrogens with zero attached hydrogens (tertiary/aromatic N) is 3. The fraction of sp³-hybridized carbons (Fsp3) is 0.581. The molecule has 1 N–H and O–H groups in total. The fourth-order valence-electron chi connectivity index (χ4n) is 6.96. The van der Waals surface area contributed by atoms with Gasteiger partial charge in [-0.15, -0.1) is 24.9 Å². The molecule has 9 heteroatoms. The number of halogens is 1. The zero-order valence-electron chi connectivity index (χ0n) is 24.0. The van der Waals surface area contributed by atoms with E-state index in [1.54, 1.807) is 38.6 Å². The lowest BCUT2D eigenvalue weighted by molar-refractivity contribution is -0.145. The van der Waals surface area contributed by atoms with E-state index in [9.17, 15) is 19.5 Å². The Morgan fingerprint density at radius 1 is 1.23 bits per heavy atom. The zero-order chi connectivity index (χ0) is 29.4. The summed E-state index contributed by atoms with van der Waals surface area (Å²) in [6, 6.07) is 4.67. The van der Waals surface area contributed by atoms with Crippen LogP contribution in [0.1, 0.15) is 44.2 Å². The van der Waals surface area contributed by atoms with Crippen LogP contribution in [0.4, 0.5) is 5.69 Å². The number of thioether (sulfide) groups is 1. The number of fused-ring (bicyclic) bond motifs is 1. The van der Waals surface area contributed by atoms with Gasteiger partial charge in [-0.05, 0) is 50.3 Å². The second-order valence-electron chi connectivity index (χ2n) is 11.3. The smallest absolute Gasteiger partial charge is 0.251 e. The minimum Gasteiger partial charge on any atom is -0.394 e. The van der Waals surface area contributed by atoms with Crippen LogP contribution in [-0.2, 0) is 14.4 Å². The number of carbonyl (C=O) groups excluding carboxylic acids is 3. The van der Waals surface area contributed by atoms with Gasteiger partial charge in [-0.25, -0.2) is 0 Å². The number of likely N-dealkylation sites (tertiary alicyclic amines) is 1. The van der Waals surface area contributed by atoms with Crippen LogP contribution in [0.25, 0.3) is 0 Å². The molecule has 7 atom stereocenters. The number of amides is 3. The van der Waals surface area contributed by atoms with Gasteiger partial charge in [0.05, 0.1) is 29.2 Å². The van der Waals surface area contributed by atoms with Crippen molar-refractivity contribution in [2.75, 3.05) is 31.1 Å². The Morgan fingerprint density at radius 2 is 1.93 bits per heavy atom. The first-order valence-corrected chi connectivity index (χ1v) is 16.0. The molecule has 4 rings (SSSR count). The van der Waals surface area contributed by atoms with E-state index in [0.717, 1.165) is 23.2 Å². The molecule has 1 aromatic carbocycles. The number of aryl methyl sites for hydroxylation is 2. The minimum atomic E-state index is -0.811. The maximum Gasteiger partial charge on any atom is 0.251 e. The van der Waals surface area contributed by atoms with Crippen LogP contribution >= 0.6 is 27.7 Å². The van der Waals surface area contributed by atoms with Gasteiger partial charge >= 0.3 is 0 Å².